The fourth-order valence-electron chi connectivity index (χ4n) is 3.42. The number of hydrogen-bond acceptors (Lipinski definition) is 7. The molecule has 0 aliphatic carbocycles. The van der Waals surface area contributed by atoms with Gasteiger partial charge in [-0.1, -0.05) is 52.8 Å². The summed E-state index contributed by atoms with van der Waals surface area (Å²) < 4.78 is 16.3. The number of carbonyl (C=O) groups excluding carboxylic acids is 1. The van der Waals surface area contributed by atoms with Crippen LogP contribution in [-0.2, 0) is 4.79 Å². The molecule has 7 nitrogen and oxygen atoms in total. The average molecular weight is 556 g/mol. The molecule has 1 fully saturated rings. The number of nitrogens with zero attached hydrogens (tertiary/aromatic N) is 3. The van der Waals surface area contributed by atoms with E-state index in [2.05, 4.69) is 68.2 Å². The zero-order valence-electron chi connectivity index (χ0n) is 26.5. The summed E-state index contributed by atoms with van der Waals surface area (Å²) in [7, 11) is 3.99. The molecule has 2 aliphatic rings. The number of hydrogen-bond donors (Lipinski definition) is 0. The molecule has 0 spiro atoms. The van der Waals surface area contributed by atoms with Gasteiger partial charge in [-0.15, -0.1) is 0 Å². The molecule has 0 atom stereocenters. The van der Waals surface area contributed by atoms with Crippen molar-refractivity contribution in [1.82, 2.24) is 4.90 Å². The molecule has 40 heavy (non-hydrogen) atoms. The molecule has 0 amide bonds. The molecule has 0 saturated carbocycles. The second kappa shape index (κ2) is 21.5. The first-order valence-corrected chi connectivity index (χ1v) is 14.1. The Morgan fingerprint density at radius 3 is 2.05 bits per heavy atom. The van der Waals surface area contributed by atoms with Crippen LogP contribution in [0, 0.1) is 12.8 Å². The van der Waals surface area contributed by atoms with E-state index in [0.717, 1.165) is 49.2 Å². The lowest BCUT2D eigenvalue weighted by atomic mass is 10.1. The van der Waals surface area contributed by atoms with E-state index >= 15 is 0 Å². The third kappa shape index (κ3) is 15.3. The van der Waals surface area contributed by atoms with E-state index in [4.69, 9.17) is 19.0 Å². The number of benzene rings is 2. The van der Waals surface area contributed by atoms with Crippen molar-refractivity contribution < 1.29 is 19.0 Å². The van der Waals surface area contributed by atoms with E-state index in [9.17, 15) is 0 Å². The second-order valence-corrected chi connectivity index (χ2v) is 9.97. The van der Waals surface area contributed by atoms with Crippen LogP contribution in [0.3, 0.4) is 0 Å². The maximum atomic E-state index is 8.00. The van der Waals surface area contributed by atoms with E-state index in [0.29, 0.717) is 19.1 Å². The number of piperazine rings is 1. The maximum Gasteiger partial charge on any atom is 0.161 e. The Hall–Kier alpha value is -3.32. The smallest absolute Gasteiger partial charge is 0.161 e. The Kier molecular flexibility index (Phi) is 19.7. The number of fused-ring (bicyclic) bond motifs is 1. The molecule has 0 aromatic heterocycles. The molecule has 2 aliphatic heterocycles. The SMILES string of the molecule is C=C(C)Oc1cccc(N2CCN(C)CC2)c1.C=O.CCC.CN=C(C)C(C)C.Cc1ccc2c(c1)OCCO2. The highest BCUT2D eigenvalue weighted by Crippen LogP contribution is 2.30. The first kappa shape index (κ1) is 36.7. The van der Waals surface area contributed by atoms with Crippen molar-refractivity contribution in [2.75, 3.05) is 58.4 Å². The molecule has 0 bridgehead atoms. The molecule has 7 heteroatoms. The highest BCUT2D eigenvalue weighted by molar-refractivity contribution is 5.83. The van der Waals surface area contributed by atoms with E-state index in [-0.39, 0.29) is 0 Å². The van der Waals surface area contributed by atoms with Gasteiger partial charge in [-0.2, -0.15) is 0 Å². The third-order valence-corrected chi connectivity index (χ3v) is 5.86. The topological polar surface area (TPSA) is 63.6 Å². The zero-order valence-corrected chi connectivity index (χ0v) is 26.5. The molecular weight excluding hydrogens is 502 g/mol. The van der Waals surface area contributed by atoms with Crippen LogP contribution in [0.5, 0.6) is 17.2 Å². The lowest BCUT2D eigenvalue weighted by molar-refractivity contribution is -0.0980. The lowest BCUT2D eigenvalue weighted by Gasteiger charge is -2.34. The molecule has 2 aromatic rings. The summed E-state index contributed by atoms with van der Waals surface area (Å²) in [4.78, 5) is 16.8. The Bertz CT molecular complexity index is 999. The van der Waals surface area contributed by atoms with Crippen molar-refractivity contribution in [1.29, 1.82) is 0 Å². The summed E-state index contributed by atoms with van der Waals surface area (Å²) in [5, 5.41) is 0. The predicted octanol–water partition coefficient (Wildman–Crippen LogP) is 7.08. The Morgan fingerprint density at radius 2 is 1.55 bits per heavy atom. The summed E-state index contributed by atoms with van der Waals surface area (Å²) in [6.07, 6.45) is 1.25. The van der Waals surface area contributed by atoms with E-state index in [1.807, 2.05) is 64.9 Å². The van der Waals surface area contributed by atoms with Crippen molar-refractivity contribution in [3.05, 3.63) is 60.4 Å². The highest BCUT2D eigenvalue weighted by Gasteiger charge is 2.14. The number of aliphatic imine (C=N–C) groups is 1. The van der Waals surface area contributed by atoms with Crippen LogP contribution >= 0.6 is 0 Å². The number of aryl methyl sites for hydroxylation is 1. The molecule has 0 radical (unpaired) electrons. The summed E-state index contributed by atoms with van der Waals surface area (Å²) in [6, 6.07) is 14.2. The normalized spacial score (nSPS) is 14.1. The quantitative estimate of drug-likeness (QED) is 0.297. The van der Waals surface area contributed by atoms with Gasteiger partial charge in [0, 0.05) is 50.7 Å². The van der Waals surface area contributed by atoms with Gasteiger partial charge >= 0.3 is 0 Å². The molecule has 2 heterocycles. The monoisotopic (exact) mass is 555 g/mol. The molecule has 1 saturated heterocycles. The van der Waals surface area contributed by atoms with Gasteiger partial charge in [0.25, 0.3) is 0 Å². The van der Waals surface area contributed by atoms with Gasteiger partial charge in [0.2, 0.25) is 0 Å². The molecule has 2 aromatic carbocycles. The summed E-state index contributed by atoms with van der Waals surface area (Å²) in [6.45, 7) is 26.0. The van der Waals surface area contributed by atoms with Crippen LogP contribution in [0.15, 0.2) is 59.8 Å². The number of ether oxygens (including phenoxy) is 3. The van der Waals surface area contributed by atoms with Gasteiger partial charge in [-0.3, -0.25) is 4.99 Å². The lowest BCUT2D eigenvalue weighted by Crippen LogP contribution is -2.44. The largest absolute Gasteiger partial charge is 0.486 e. The van der Waals surface area contributed by atoms with Crippen LogP contribution in [0.4, 0.5) is 5.69 Å². The van der Waals surface area contributed by atoms with Crippen molar-refractivity contribution in [2.24, 2.45) is 10.9 Å². The second-order valence-electron chi connectivity index (χ2n) is 9.97. The molecule has 224 valence electrons. The third-order valence-electron chi connectivity index (χ3n) is 5.86. The first-order chi connectivity index (χ1) is 19.1. The minimum Gasteiger partial charge on any atom is -0.486 e. The molecule has 0 unspecified atom stereocenters. The average Bonchev–Trinajstić information content (AvgIpc) is 2.95. The van der Waals surface area contributed by atoms with Crippen molar-refractivity contribution >= 4 is 18.2 Å². The number of carbonyl (C=O) groups is 1. The number of allylic oxidation sites excluding steroid dienone is 1. The molecular formula is C33H53N3O4. The van der Waals surface area contributed by atoms with Gasteiger partial charge in [-0.25, -0.2) is 0 Å². The van der Waals surface area contributed by atoms with E-state index in [1.165, 1.54) is 23.4 Å². The summed E-state index contributed by atoms with van der Waals surface area (Å²) >= 11 is 0. The summed E-state index contributed by atoms with van der Waals surface area (Å²) in [5.41, 5.74) is 3.66. The zero-order chi connectivity index (χ0) is 30.5. The van der Waals surface area contributed by atoms with Gasteiger partial charge < -0.3 is 28.8 Å². The first-order valence-electron chi connectivity index (χ1n) is 14.1. The molecule has 4 rings (SSSR count). The fourth-order valence-corrected chi connectivity index (χ4v) is 3.42. The van der Waals surface area contributed by atoms with Crippen LogP contribution in [0.2, 0.25) is 0 Å². The Morgan fingerprint density at radius 1 is 0.975 bits per heavy atom. The van der Waals surface area contributed by atoms with Crippen LogP contribution in [0.1, 0.15) is 53.5 Å². The molecule has 0 N–H and O–H groups in total. The maximum absolute atomic E-state index is 8.00. The fraction of sp³-hybridized carbons (Fsp3) is 0.515. The Labute approximate surface area is 243 Å². The van der Waals surface area contributed by atoms with E-state index < -0.39 is 0 Å². The predicted molar refractivity (Wildman–Crippen MR) is 171 cm³/mol. The number of likely N-dealkylation sites (N-methyl/N-ethyl adjacent to an activating group) is 1. The van der Waals surface area contributed by atoms with Gasteiger partial charge in [0.1, 0.15) is 25.8 Å². The van der Waals surface area contributed by atoms with Crippen LogP contribution in [0.25, 0.3) is 0 Å². The van der Waals surface area contributed by atoms with E-state index in [1.54, 1.807) is 0 Å². The van der Waals surface area contributed by atoms with Gasteiger partial charge in [0.15, 0.2) is 11.5 Å². The Balaban J connectivity index is 0.000000569. The van der Waals surface area contributed by atoms with Crippen LogP contribution < -0.4 is 19.1 Å². The summed E-state index contributed by atoms with van der Waals surface area (Å²) in [5.74, 6) is 3.94. The van der Waals surface area contributed by atoms with Crippen molar-refractivity contribution in [3.8, 4) is 17.2 Å². The van der Waals surface area contributed by atoms with Crippen LogP contribution in [-0.4, -0.2) is 70.9 Å². The van der Waals surface area contributed by atoms with Crippen molar-refractivity contribution in [2.45, 2.75) is 54.9 Å². The van der Waals surface area contributed by atoms with Crippen molar-refractivity contribution in [3.63, 3.8) is 0 Å². The van der Waals surface area contributed by atoms with Gasteiger partial charge in [0.05, 0.1) is 5.76 Å². The number of rotatable bonds is 4. The minimum atomic E-state index is 0.616. The van der Waals surface area contributed by atoms with Gasteiger partial charge in [-0.05, 0) is 63.6 Å². The standard InChI is InChI=1S/C14H20N2O.C9H10O2.C6H13N.C3H8.CH2O/c1-12(2)17-14-6-4-5-13(11-14)16-9-7-15(3)8-10-16;1-7-2-3-8-9(6-7)11-5-4-10-8;1-5(2)6(3)7-4;1-3-2;1-2/h4-6,11H,1,7-10H2,2-3H3;2-3,6H,4-5H2,1H3;5H,1-4H3;3H2,1-2H3;1H2. The minimum absolute atomic E-state index is 0.616. The highest BCUT2D eigenvalue weighted by atomic mass is 16.6. The number of anilines is 1.